The molecule has 0 aliphatic heterocycles. The molecule has 0 N–H and O–H groups in total. The predicted molar refractivity (Wildman–Crippen MR) is 76.3 cm³/mol. The minimum Gasteiger partial charge on any atom is -0.497 e. The lowest BCUT2D eigenvalue weighted by Crippen LogP contribution is -1.98. The Morgan fingerprint density at radius 1 is 1.10 bits per heavy atom. The van der Waals surface area contributed by atoms with Crippen molar-refractivity contribution in [3.63, 3.8) is 0 Å². The van der Waals surface area contributed by atoms with Crippen molar-refractivity contribution in [2.75, 3.05) is 14.2 Å². The Kier molecular flexibility index (Phi) is 3.02. The topological polar surface area (TPSA) is 48.7 Å². The van der Waals surface area contributed by atoms with Gasteiger partial charge in [-0.3, -0.25) is 0 Å². The van der Waals surface area contributed by atoms with Crippen LogP contribution in [0.3, 0.4) is 0 Å². The molecule has 3 aromatic rings. The van der Waals surface area contributed by atoms with Crippen LogP contribution in [0.15, 0.2) is 36.7 Å². The average molecular weight is 269 g/mol. The molecule has 0 amide bonds. The first kappa shape index (κ1) is 12.5. The lowest BCUT2D eigenvalue weighted by atomic mass is 10.0. The first-order chi connectivity index (χ1) is 9.72. The Morgan fingerprint density at radius 2 is 1.95 bits per heavy atom. The number of methoxy groups -OCH3 is 2. The zero-order valence-corrected chi connectivity index (χ0v) is 11.6. The molecular formula is C15H15N3O2. The van der Waals surface area contributed by atoms with Gasteiger partial charge in [-0.1, -0.05) is 0 Å². The second kappa shape index (κ2) is 4.85. The number of nitrogens with zero attached hydrogens (tertiary/aromatic N) is 3. The van der Waals surface area contributed by atoms with Crippen LogP contribution in [-0.2, 0) is 0 Å². The normalized spacial score (nSPS) is 10.8. The largest absolute Gasteiger partial charge is 0.497 e. The van der Waals surface area contributed by atoms with E-state index in [0.29, 0.717) is 0 Å². The third-order valence-electron chi connectivity index (χ3n) is 3.24. The number of ether oxygens (including phenoxy) is 2. The van der Waals surface area contributed by atoms with Crippen molar-refractivity contribution in [2.24, 2.45) is 0 Å². The molecule has 3 rings (SSSR count). The van der Waals surface area contributed by atoms with Crippen LogP contribution in [0.4, 0.5) is 0 Å². The summed E-state index contributed by atoms with van der Waals surface area (Å²) in [7, 11) is 3.29. The zero-order valence-electron chi connectivity index (χ0n) is 11.6. The zero-order chi connectivity index (χ0) is 14.1. The molecule has 102 valence electrons. The van der Waals surface area contributed by atoms with Crippen LogP contribution in [0.2, 0.25) is 0 Å². The molecule has 2 heterocycles. The molecule has 1 aromatic carbocycles. The fourth-order valence-electron chi connectivity index (χ4n) is 2.28. The van der Waals surface area contributed by atoms with Crippen molar-refractivity contribution in [1.29, 1.82) is 0 Å². The number of hydrogen-bond acceptors (Lipinski definition) is 4. The van der Waals surface area contributed by atoms with Gasteiger partial charge in [-0.25, -0.2) is 9.50 Å². The number of fused-ring (bicyclic) bond motifs is 1. The predicted octanol–water partition coefficient (Wildman–Crippen LogP) is 2.72. The lowest BCUT2D eigenvalue weighted by Gasteiger charge is -2.13. The van der Waals surface area contributed by atoms with Gasteiger partial charge in [-0.15, -0.1) is 0 Å². The fourth-order valence-corrected chi connectivity index (χ4v) is 2.28. The Bertz CT molecular complexity index is 765. The minimum absolute atomic E-state index is 0.744. The summed E-state index contributed by atoms with van der Waals surface area (Å²) in [6, 6.07) is 7.71. The fraction of sp³-hybridized carbons (Fsp3) is 0.200. The van der Waals surface area contributed by atoms with Crippen LogP contribution >= 0.6 is 0 Å². The summed E-state index contributed by atoms with van der Waals surface area (Å²) < 4.78 is 12.5. The van der Waals surface area contributed by atoms with Crippen LogP contribution in [0.5, 0.6) is 11.5 Å². The third kappa shape index (κ3) is 1.97. The van der Waals surface area contributed by atoms with E-state index in [1.807, 2.05) is 37.4 Å². The molecule has 5 nitrogen and oxygen atoms in total. The van der Waals surface area contributed by atoms with Crippen molar-refractivity contribution in [1.82, 2.24) is 14.6 Å². The number of imidazole rings is 1. The van der Waals surface area contributed by atoms with Gasteiger partial charge in [0.05, 0.1) is 19.9 Å². The molecule has 5 heteroatoms. The van der Waals surface area contributed by atoms with Crippen LogP contribution in [0.25, 0.3) is 16.9 Å². The standard InChI is InChI=1S/C15H15N3O2/c1-10-8-11(19-2)9-13(20-3)15(10)12-4-5-14-16-6-7-18(14)17-12/h4-9H,1-3H3. The van der Waals surface area contributed by atoms with Gasteiger partial charge in [0, 0.05) is 24.0 Å². The van der Waals surface area contributed by atoms with E-state index in [2.05, 4.69) is 10.1 Å². The smallest absolute Gasteiger partial charge is 0.153 e. The van der Waals surface area contributed by atoms with E-state index in [1.165, 1.54) is 0 Å². The molecule has 20 heavy (non-hydrogen) atoms. The average Bonchev–Trinajstić information content (AvgIpc) is 2.93. The summed E-state index contributed by atoms with van der Waals surface area (Å²) in [6.07, 6.45) is 3.55. The molecule has 0 radical (unpaired) electrons. The highest BCUT2D eigenvalue weighted by atomic mass is 16.5. The summed E-state index contributed by atoms with van der Waals surface area (Å²) in [5.74, 6) is 1.51. The van der Waals surface area contributed by atoms with Gasteiger partial charge in [0.25, 0.3) is 0 Å². The van der Waals surface area contributed by atoms with E-state index < -0.39 is 0 Å². The summed E-state index contributed by atoms with van der Waals surface area (Å²) in [5, 5.41) is 4.56. The second-order valence-electron chi connectivity index (χ2n) is 4.47. The SMILES string of the molecule is COc1cc(C)c(-c2ccc3nccn3n2)c(OC)c1. The van der Waals surface area contributed by atoms with Crippen molar-refractivity contribution in [3.05, 3.63) is 42.2 Å². The molecule has 0 atom stereocenters. The summed E-state index contributed by atoms with van der Waals surface area (Å²) in [4.78, 5) is 4.20. The van der Waals surface area contributed by atoms with E-state index in [9.17, 15) is 0 Å². The number of rotatable bonds is 3. The second-order valence-corrected chi connectivity index (χ2v) is 4.47. The van der Waals surface area contributed by atoms with E-state index >= 15 is 0 Å². The molecule has 0 aliphatic carbocycles. The third-order valence-corrected chi connectivity index (χ3v) is 3.24. The van der Waals surface area contributed by atoms with Gasteiger partial charge >= 0.3 is 0 Å². The molecule has 0 spiro atoms. The van der Waals surface area contributed by atoms with Gasteiger partial charge < -0.3 is 9.47 Å². The van der Waals surface area contributed by atoms with Crippen LogP contribution in [0, 0.1) is 6.92 Å². The van der Waals surface area contributed by atoms with Crippen LogP contribution < -0.4 is 9.47 Å². The van der Waals surface area contributed by atoms with Gasteiger partial charge in [-0.2, -0.15) is 5.10 Å². The quantitative estimate of drug-likeness (QED) is 0.733. The van der Waals surface area contributed by atoms with Crippen LogP contribution in [-0.4, -0.2) is 28.8 Å². The molecule has 0 bridgehead atoms. The van der Waals surface area contributed by atoms with Gasteiger partial charge in [0.15, 0.2) is 5.65 Å². The van der Waals surface area contributed by atoms with Crippen molar-refractivity contribution in [3.8, 4) is 22.8 Å². The van der Waals surface area contributed by atoms with E-state index in [-0.39, 0.29) is 0 Å². The maximum Gasteiger partial charge on any atom is 0.153 e. The van der Waals surface area contributed by atoms with Crippen molar-refractivity contribution < 1.29 is 9.47 Å². The number of aromatic nitrogens is 3. The molecular weight excluding hydrogens is 254 g/mol. The summed E-state index contributed by atoms with van der Waals surface area (Å²) >= 11 is 0. The molecule has 0 unspecified atom stereocenters. The minimum atomic E-state index is 0.744. The highest BCUT2D eigenvalue weighted by molar-refractivity contribution is 5.72. The molecule has 0 saturated carbocycles. The Hall–Kier alpha value is -2.56. The Balaban J connectivity index is 2.21. The Morgan fingerprint density at radius 3 is 2.70 bits per heavy atom. The molecule has 0 saturated heterocycles. The highest BCUT2D eigenvalue weighted by Gasteiger charge is 2.13. The lowest BCUT2D eigenvalue weighted by molar-refractivity contribution is 0.394. The van der Waals surface area contributed by atoms with Crippen molar-refractivity contribution >= 4 is 5.65 Å². The van der Waals surface area contributed by atoms with Crippen LogP contribution in [0.1, 0.15) is 5.56 Å². The number of aryl methyl sites for hydroxylation is 1. The van der Waals surface area contributed by atoms with E-state index in [1.54, 1.807) is 24.9 Å². The van der Waals surface area contributed by atoms with Crippen molar-refractivity contribution in [2.45, 2.75) is 6.92 Å². The van der Waals surface area contributed by atoms with Gasteiger partial charge in [0.2, 0.25) is 0 Å². The van der Waals surface area contributed by atoms with Gasteiger partial charge in [-0.05, 0) is 30.7 Å². The van der Waals surface area contributed by atoms with E-state index in [0.717, 1.165) is 34.0 Å². The maximum atomic E-state index is 5.47. The maximum absolute atomic E-state index is 5.47. The first-order valence-corrected chi connectivity index (χ1v) is 6.26. The number of hydrogen-bond donors (Lipinski definition) is 0. The highest BCUT2D eigenvalue weighted by Crippen LogP contribution is 2.35. The van der Waals surface area contributed by atoms with Gasteiger partial charge in [0.1, 0.15) is 11.5 Å². The summed E-state index contributed by atoms with van der Waals surface area (Å²) in [5.41, 5.74) is 3.67. The summed E-state index contributed by atoms with van der Waals surface area (Å²) in [6.45, 7) is 2.01. The Labute approximate surface area is 116 Å². The molecule has 0 fully saturated rings. The monoisotopic (exact) mass is 269 g/mol. The number of benzene rings is 1. The molecule has 0 aliphatic rings. The van der Waals surface area contributed by atoms with E-state index in [4.69, 9.17) is 9.47 Å². The molecule has 2 aromatic heterocycles. The first-order valence-electron chi connectivity index (χ1n) is 6.26.